The van der Waals surface area contributed by atoms with Gasteiger partial charge < -0.3 is 9.47 Å². The zero-order chi connectivity index (χ0) is 35.7. The number of hydrogen-bond donors (Lipinski definition) is 0. The van der Waals surface area contributed by atoms with Crippen molar-refractivity contribution in [2.24, 2.45) is 17.8 Å². The fourth-order valence-electron chi connectivity index (χ4n) is 8.79. The molecule has 5 aromatic carbocycles. The third-order valence-electron chi connectivity index (χ3n) is 9.91. The van der Waals surface area contributed by atoms with E-state index in [1.54, 1.807) is 0 Å². The molecule has 0 aromatic heterocycles. The summed E-state index contributed by atoms with van der Waals surface area (Å²) in [7, 11) is 0. The highest BCUT2D eigenvalue weighted by molar-refractivity contribution is 6.98. The van der Waals surface area contributed by atoms with Gasteiger partial charge in [0.1, 0.15) is 23.0 Å². The molecule has 0 atom stereocenters. The third kappa shape index (κ3) is 2.89. The second-order valence-electron chi connectivity index (χ2n) is 12.2. The molecule has 3 heteroatoms. The minimum absolute atomic E-state index is 0.0754. The lowest BCUT2D eigenvalue weighted by Gasteiger charge is -2.57. The molecule has 39 heavy (non-hydrogen) atoms. The van der Waals surface area contributed by atoms with E-state index in [2.05, 4.69) is 0 Å². The molecule has 2 heterocycles. The summed E-state index contributed by atoms with van der Waals surface area (Å²) in [5, 5.41) is -0.649. The van der Waals surface area contributed by atoms with Crippen LogP contribution in [0.5, 0.6) is 23.0 Å². The van der Waals surface area contributed by atoms with Crippen molar-refractivity contribution < 1.29 is 25.9 Å². The Morgan fingerprint density at radius 2 is 1.05 bits per heavy atom. The van der Waals surface area contributed by atoms with Crippen LogP contribution in [0.15, 0.2) is 84.6 Å². The number of hydrogen-bond acceptors (Lipinski definition) is 2. The maximum Gasteiger partial charge on any atom is 0.260 e. The smallest absolute Gasteiger partial charge is 0.260 e. The minimum atomic E-state index is -1.08. The first-order valence-electron chi connectivity index (χ1n) is 19.8. The monoisotopic (exact) mass is 516 g/mol. The topological polar surface area (TPSA) is 18.5 Å². The van der Waals surface area contributed by atoms with E-state index in [1.165, 1.54) is 19.3 Å². The summed E-state index contributed by atoms with van der Waals surface area (Å²) in [6, 6.07) is -1.42. The Kier molecular flexibility index (Phi) is 2.44. The minimum Gasteiger partial charge on any atom is -0.458 e. The van der Waals surface area contributed by atoms with Crippen LogP contribution in [-0.2, 0) is 5.41 Å². The number of ether oxygens (including phenoxy) is 2. The van der Waals surface area contributed by atoms with Crippen molar-refractivity contribution in [1.29, 1.82) is 0 Å². The molecule has 0 unspecified atom stereocenters. The van der Waals surface area contributed by atoms with Crippen LogP contribution >= 0.6 is 0 Å². The maximum absolute atomic E-state index is 9.49. The predicted octanol–water partition coefficient (Wildman–Crippen LogP) is 7.19. The Hall–Kier alpha value is -3.72. The van der Waals surface area contributed by atoms with E-state index in [9.17, 15) is 5.48 Å². The van der Waals surface area contributed by atoms with Crippen LogP contribution in [0.25, 0.3) is 21.5 Å². The van der Waals surface area contributed by atoms with E-state index in [0.29, 0.717) is 34.7 Å². The Labute approximate surface area is 245 Å². The second kappa shape index (κ2) is 7.27. The zero-order valence-electron chi connectivity index (χ0n) is 33.0. The van der Waals surface area contributed by atoms with Gasteiger partial charge in [-0.25, -0.2) is 0 Å². The molecule has 4 fully saturated rings. The van der Waals surface area contributed by atoms with Crippen LogP contribution in [-0.4, -0.2) is 6.71 Å². The fourth-order valence-corrected chi connectivity index (χ4v) is 8.79. The average Bonchev–Trinajstić information content (AvgIpc) is 3.09. The first-order valence-corrected chi connectivity index (χ1v) is 13.8. The lowest BCUT2D eigenvalue weighted by atomic mass is 9.34. The normalized spacial score (nSPS) is 31.4. The van der Waals surface area contributed by atoms with Crippen LogP contribution in [0.4, 0.5) is 0 Å². The van der Waals surface area contributed by atoms with Gasteiger partial charge in [0.2, 0.25) is 0 Å². The Balaban J connectivity index is 1.33. The van der Waals surface area contributed by atoms with Gasteiger partial charge >= 0.3 is 0 Å². The lowest BCUT2D eigenvalue weighted by Crippen LogP contribution is -2.57. The van der Waals surface area contributed by atoms with Gasteiger partial charge in [-0.3, -0.25) is 0 Å². The fraction of sp³-hybridized carbons (Fsp3) is 0.278. The van der Waals surface area contributed by atoms with Crippen molar-refractivity contribution in [2.75, 3.05) is 0 Å². The molecule has 11 rings (SSSR count). The van der Waals surface area contributed by atoms with E-state index in [-0.39, 0.29) is 73.6 Å². The third-order valence-corrected chi connectivity index (χ3v) is 9.91. The lowest BCUT2D eigenvalue weighted by molar-refractivity contribution is -0.00531. The predicted molar refractivity (Wildman–Crippen MR) is 159 cm³/mol. The Morgan fingerprint density at radius 1 is 0.615 bits per heavy atom. The average molecular weight is 517 g/mol. The molecule has 4 aliphatic carbocycles. The molecular weight excluding hydrogens is 475 g/mol. The Bertz CT molecular complexity index is 2340. The van der Waals surface area contributed by atoms with E-state index < -0.39 is 55.1 Å². The highest BCUT2D eigenvalue weighted by Crippen LogP contribution is 2.61. The molecule has 188 valence electrons. The van der Waals surface area contributed by atoms with Crippen LogP contribution in [0.1, 0.15) is 60.5 Å². The largest absolute Gasteiger partial charge is 0.458 e. The molecule has 2 aliphatic heterocycles. The summed E-state index contributed by atoms with van der Waals surface area (Å²) in [4.78, 5) is 0. The molecular formula is C36H29BO2. The number of benzene rings is 5. The SMILES string of the molecule is [2H]c1c([2H])c([2H])c2c([2H])c3c(c([2H])c2c1[2H])Oc1cc(C24CC5CC(CC(C5)C2)C4)cc2c1B3c1c(c([2H])c3c([2H])c([2H])c([2H])c([2H])c3c1[2H])O2. The van der Waals surface area contributed by atoms with Crippen LogP contribution in [0.3, 0.4) is 0 Å². The standard InChI is InChI=1S/C36H29BO2/c1-3-7-26-14-31-29(12-24(26)5-1)37-30-13-25-6-2-4-8-27(25)15-32(30)39-34-17-28(16-33(38-31)35(34)37)36-18-21-9-22(19-36)11-23(10-21)20-36/h1-8,12-17,21-23H,9-11,18-20H2/i1D,2D,3D,4D,5D,6D,7D,8D,12D,13D,14D,15D. The zero-order valence-corrected chi connectivity index (χ0v) is 21.0. The summed E-state index contributed by atoms with van der Waals surface area (Å²) in [6.45, 7) is -1.08. The summed E-state index contributed by atoms with van der Waals surface area (Å²) >= 11 is 0. The quantitative estimate of drug-likeness (QED) is 0.215. The highest BCUT2D eigenvalue weighted by Gasteiger charge is 2.52. The molecule has 6 aliphatic rings. The van der Waals surface area contributed by atoms with Gasteiger partial charge in [0, 0.05) is 5.46 Å². The van der Waals surface area contributed by atoms with E-state index >= 15 is 0 Å². The molecule has 4 bridgehead atoms. The van der Waals surface area contributed by atoms with Crippen molar-refractivity contribution >= 4 is 44.6 Å². The molecule has 2 nitrogen and oxygen atoms in total. The number of rotatable bonds is 1. The Morgan fingerprint density at radius 3 is 1.51 bits per heavy atom. The first kappa shape index (κ1) is 13.1. The first-order chi connectivity index (χ1) is 24.2. The van der Waals surface area contributed by atoms with Crippen molar-refractivity contribution in [3.63, 3.8) is 0 Å². The molecule has 0 saturated heterocycles. The van der Waals surface area contributed by atoms with Crippen molar-refractivity contribution in [2.45, 2.75) is 43.9 Å². The maximum atomic E-state index is 9.49. The summed E-state index contributed by atoms with van der Waals surface area (Å²) in [6.07, 6.45) is 6.76. The molecule has 5 aromatic rings. The van der Waals surface area contributed by atoms with Crippen molar-refractivity contribution in [1.82, 2.24) is 0 Å². The second-order valence-corrected chi connectivity index (χ2v) is 12.2. The summed E-state index contributed by atoms with van der Waals surface area (Å²) < 4.78 is 119. The van der Waals surface area contributed by atoms with E-state index in [0.717, 1.165) is 24.8 Å². The van der Waals surface area contributed by atoms with E-state index in [1.807, 2.05) is 12.1 Å². The molecule has 0 spiro atoms. The van der Waals surface area contributed by atoms with Gasteiger partial charge in [-0.05, 0) is 124 Å². The van der Waals surface area contributed by atoms with Crippen LogP contribution in [0.2, 0.25) is 0 Å². The van der Waals surface area contributed by atoms with Crippen molar-refractivity contribution in [3.05, 3.63) is 90.2 Å². The van der Waals surface area contributed by atoms with Gasteiger partial charge in [-0.2, -0.15) is 0 Å². The van der Waals surface area contributed by atoms with Gasteiger partial charge in [-0.15, -0.1) is 0 Å². The van der Waals surface area contributed by atoms with Gasteiger partial charge in [-0.1, -0.05) is 60.4 Å². The number of fused-ring (bicyclic) bond motifs is 6. The molecule has 0 radical (unpaired) electrons. The summed E-state index contributed by atoms with van der Waals surface area (Å²) in [5.74, 6) is 2.39. The van der Waals surface area contributed by atoms with Crippen LogP contribution in [0, 0.1) is 17.8 Å². The molecule has 4 saturated carbocycles. The molecule has 0 amide bonds. The van der Waals surface area contributed by atoms with E-state index in [4.69, 9.17) is 20.4 Å². The van der Waals surface area contributed by atoms with Gasteiger partial charge in [0.05, 0.1) is 16.4 Å². The van der Waals surface area contributed by atoms with Gasteiger partial charge in [0.15, 0.2) is 0 Å². The summed E-state index contributed by atoms with van der Waals surface area (Å²) in [5.41, 5.74) is 1.49. The van der Waals surface area contributed by atoms with Crippen molar-refractivity contribution in [3.8, 4) is 23.0 Å². The molecule has 0 N–H and O–H groups in total. The highest BCUT2D eigenvalue weighted by atomic mass is 16.5. The van der Waals surface area contributed by atoms with Gasteiger partial charge in [0.25, 0.3) is 6.71 Å². The van der Waals surface area contributed by atoms with Crippen LogP contribution < -0.4 is 25.9 Å².